The van der Waals surface area contributed by atoms with E-state index >= 15 is 0 Å². The summed E-state index contributed by atoms with van der Waals surface area (Å²) in [5.41, 5.74) is 2.18. The van der Waals surface area contributed by atoms with E-state index in [0.717, 1.165) is 68.7 Å². The molecule has 1 aromatic heterocycles. The minimum absolute atomic E-state index is 0.463. The minimum Gasteiger partial charge on any atom is -0.379 e. The van der Waals surface area contributed by atoms with Gasteiger partial charge in [0.1, 0.15) is 5.76 Å². The maximum absolute atomic E-state index is 5.49. The number of nitrogens with one attached hydrogen (secondary N) is 2. The first-order valence-electron chi connectivity index (χ1n) is 9.83. The van der Waals surface area contributed by atoms with Crippen molar-refractivity contribution in [3.05, 3.63) is 17.0 Å². The molecule has 0 bridgehead atoms. The van der Waals surface area contributed by atoms with E-state index < -0.39 is 0 Å². The van der Waals surface area contributed by atoms with Crippen molar-refractivity contribution in [2.24, 2.45) is 10.9 Å². The van der Waals surface area contributed by atoms with Gasteiger partial charge in [-0.25, -0.2) is 0 Å². The predicted octanol–water partition coefficient (Wildman–Crippen LogP) is 1.82. The zero-order valence-electron chi connectivity index (χ0n) is 17.0. The third kappa shape index (κ3) is 5.45. The molecule has 1 fully saturated rings. The maximum Gasteiger partial charge on any atom is 0.191 e. The van der Waals surface area contributed by atoms with Crippen LogP contribution in [-0.2, 0) is 24.1 Å². The predicted molar refractivity (Wildman–Crippen MR) is 104 cm³/mol. The zero-order chi connectivity index (χ0) is 18.9. The number of guanidine groups is 1. The van der Waals surface area contributed by atoms with E-state index in [4.69, 9.17) is 9.26 Å². The SMILES string of the molecule is CCc1noc(CC)c1CNC(=NC)NCC(C(C)C)N1CCOCC1. The lowest BCUT2D eigenvalue weighted by Crippen LogP contribution is -2.52. The molecule has 148 valence electrons. The molecule has 0 radical (unpaired) electrons. The van der Waals surface area contributed by atoms with Crippen molar-refractivity contribution >= 4 is 5.96 Å². The number of hydrogen-bond acceptors (Lipinski definition) is 5. The Labute approximate surface area is 157 Å². The van der Waals surface area contributed by atoms with Crippen molar-refractivity contribution in [3.8, 4) is 0 Å². The lowest BCUT2D eigenvalue weighted by Gasteiger charge is -2.37. The third-order valence-electron chi connectivity index (χ3n) is 5.03. The van der Waals surface area contributed by atoms with Gasteiger partial charge in [0.25, 0.3) is 0 Å². The van der Waals surface area contributed by atoms with Crippen molar-refractivity contribution in [2.45, 2.75) is 53.1 Å². The molecule has 1 aliphatic heterocycles. The van der Waals surface area contributed by atoms with E-state index in [-0.39, 0.29) is 0 Å². The van der Waals surface area contributed by atoms with Crippen LogP contribution in [0.25, 0.3) is 0 Å². The van der Waals surface area contributed by atoms with Crippen LogP contribution < -0.4 is 10.6 Å². The number of rotatable bonds is 8. The molecule has 2 rings (SSSR count). The van der Waals surface area contributed by atoms with Gasteiger partial charge in [0.15, 0.2) is 5.96 Å². The van der Waals surface area contributed by atoms with Gasteiger partial charge in [0.05, 0.1) is 18.9 Å². The first-order valence-corrected chi connectivity index (χ1v) is 9.83. The third-order valence-corrected chi connectivity index (χ3v) is 5.03. The number of aromatic nitrogens is 1. The Morgan fingerprint density at radius 3 is 2.50 bits per heavy atom. The van der Waals surface area contributed by atoms with Gasteiger partial charge in [-0.1, -0.05) is 32.9 Å². The number of ether oxygens (including phenoxy) is 1. The van der Waals surface area contributed by atoms with Gasteiger partial charge >= 0.3 is 0 Å². The molecule has 0 spiro atoms. The van der Waals surface area contributed by atoms with Crippen molar-refractivity contribution in [1.29, 1.82) is 0 Å². The second-order valence-electron chi connectivity index (χ2n) is 7.00. The van der Waals surface area contributed by atoms with Gasteiger partial charge in [-0.3, -0.25) is 9.89 Å². The normalized spacial score (nSPS) is 17.5. The zero-order valence-corrected chi connectivity index (χ0v) is 17.0. The van der Waals surface area contributed by atoms with Crippen LogP contribution in [-0.4, -0.2) is 62.0 Å². The monoisotopic (exact) mass is 365 g/mol. The van der Waals surface area contributed by atoms with Gasteiger partial charge in [-0.2, -0.15) is 0 Å². The molecule has 1 aromatic rings. The highest BCUT2D eigenvalue weighted by Crippen LogP contribution is 2.15. The number of aliphatic imine (C=N–C) groups is 1. The number of nitrogens with zero attached hydrogens (tertiary/aromatic N) is 3. The van der Waals surface area contributed by atoms with Gasteiger partial charge < -0.3 is 19.9 Å². The van der Waals surface area contributed by atoms with Crippen LogP contribution in [0.2, 0.25) is 0 Å². The molecule has 7 nitrogen and oxygen atoms in total. The second-order valence-corrected chi connectivity index (χ2v) is 7.00. The van der Waals surface area contributed by atoms with Crippen LogP contribution in [0.3, 0.4) is 0 Å². The largest absolute Gasteiger partial charge is 0.379 e. The molecule has 1 unspecified atom stereocenters. The average Bonchev–Trinajstić information content (AvgIpc) is 3.07. The van der Waals surface area contributed by atoms with Gasteiger partial charge in [-0.05, 0) is 12.3 Å². The molecule has 1 atom stereocenters. The summed E-state index contributed by atoms with van der Waals surface area (Å²) in [4.78, 5) is 6.89. The highest BCUT2D eigenvalue weighted by Gasteiger charge is 2.24. The Morgan fingerprint density at radius 1 is 1.19 bits per heavy atom. The molecule has 0 aliphatic carbocycles. The van der Waals surface area contributed by atoms with Crippen LogP contribution >= 0.6 is 0 Å². The lowest BCUT2D eigenvalue weighted by molar-refractivity contribution is 0.00752. The molecule has 1 saturated heterocycles. The summed E-state index contributed by atoms with van der Waals surface area (Å²) in [6, 6.07) is 0.463. The van der Waals surface area contributed by atoms with Crippen LogP contribution in [0.5, 0.6) is 0 Å². The topological polar surface area (TPSA) is 74.9 Å². The average molecular weight is 366 g/mol. The molecular weight excluding hydrogens is 330 g/mol. The summed E-state index contributed by atoms with van der Waals surface area (Å²) >= 11 is 0. The lowest BCUT2D eigenvalue weighted by atomic mass is 10.0. The molecule has 0 saturated carbocycles. The fourth-order valence-electron chi connectivity index (χ4n) is 3.43. The molecule has 1 aliphatic rings. The highest BCUT2D eigenvalue weighted by molar-refractivity contribution is 5.79. The van der Waals surface area contributed by atoms with E-state index in [0.29, 0.717) is 18.5 Å². The van der Waals surface area contributed by atoms with Crippen molar-refractivity contribution in [3.63, 3.8) is 0 Å². The second kappa shape index (κ2) is 10.5. The van der Waals surface area contributed by atoms with Crippen LogP contribution in [0.1, 0.15) is 44.7 Å². The van der Waals surface area contributed by atoms with Gasteiger partial charge in [0.2, 0.25) is 0 Å². The van der Waals surface area contributed by atoms with Crippen LogP contribution in [0.15, 0.2) is 9.52 Å². The molecule has 2 N–H and O–H groups in total. The fourth-order valence-corrected chi connectivity index (χ4v) is 3.43. The van der Waals surface area contributed by atoms with Gasteiger partial charge in [-0.15, -0.1) is 0 Å². The minimum atomic E-state index is 0.463. The van der Waals surface area contributed by atoms with Crippen molar-refractivity contribution < 1.29 is 9.26 Å². The molecule has 7 heteroatoms. The number of morpholine rings is 1. The van der Waals surface area contributed by atoms with E-state index in [1.165, 1.54) is 0 Å². The number of aryl methyl sites for hydroxylation is 2. The standard InChI is InChI=1S/C19H35N5O2/c1-6-16-15(18(7-2)26-23-16)12-21-19(20-5)22-13-17(14(3)4)24-8-10-25-11-9-24/h14,17H,6-13H2,1-5H3,(H2,20,21,22). The maximum atomic E-state index is 5.49. The van der Waals surface area contributed by atoms with Crippen LogP contribution in [0.4, 0.5) is 0 Å². The smallest absolute Gasteiger partial charge is 0.191 e. The Balaban J connectivity index is 1.91. The Hall–Kier alpha value is -1.60. The van der Waals surface area contributed by atoms with Crippen molar-refractivity contribution in [1.82, 2.24) is 20.7 Å². The van der Waals surface area contributed by atoms with Gasteiger partial charge in [0, 0.05) is 51.3 Å². The quantitative estimate of drug-likeness (QED) is 0.541. The molecule has 0 aromatic carbocycles. The first kappa shape index (κ1) is 20.7. The summed E-state index contributed by atoms with van der Waals surface area (Å²) in [5, 5.41) is 11.1. The Bertz CT molecular complexity index is 543. The Kier molecular flexibility index (Phi) is 8.38. The molecule has 0 amide bonds. The summed E-state index contributed by atoms with van der Waals surface area (Å²) in [5.74, 6) is 2.34. The summed E-state index contributed by atoms with van der Waals surface area (Å²) in [6.07, 6.45) is 1.72. The molecule has 2 heterocycles. The molecule has 26 heavy (non-hydrogen) atoms. The van der Waals surface area contributed by atoms with E-state index in [1.807, 2.05) is 7.05 Å². The fraction of sp³-hybridized carbons (Fsp3) is 0.789. The summed E-state index contributed by atoms with van der Waals surface area (Å²) < 4.78 is 10.9. The van der Waals surface area contributed by atoms with Crippen LogP contribution in [0, 0.1) is 5.92 Å². The van der Waals surface area contributed by atoms with E-state index in [2.05, 4.69) is 53.4 Å². The molecular formula is C19H35N5O2. The summed E-state index contributed by atoms with van der Waals surface area (Å²) in [6.45, 7) is 13.9. The number of hydrogen-bond donors (Lipinski definition) is 2. The van der Waals surface area contributed by atoms with E-state index in [9.17, 15) is 0 Å². The van der Waals surface area contributed by atoms with Crippen molar-refractivity contribution in [2.75, 3.05) is 39.9 Å². The first-order chi connectivity index (χ1) is 12.6. The highest BCUT2D eigenvalue weighted by atomic mass is 16.5. The summed E-state index contributed by atoms with van der Waals surface area (Å²) in [7, 11) is 1.81. The Morgan fingerprint density at radius 2 is 1.92 bits per heavy atom. The van der Waals surface area contributed by atoms with E-state index in [1.54, 1.807) is 0 Å².